The largest absolute Gasteiger partial charge is 0.396 e. The zero-order chi connectivity index (χ0) is 19.3. The maximum atomic E-state index is 12.9. The fourth-order valence-corrected chi connectivity index (χ4v) is 3.81. The van der Waals surface area contributed by atoms with Gasteiger partial charge in [-0.25, -0.2) is 4.98 Å². The number of para-hydroxylation sites is 2. The Morgan fingerprint density at radius 1 is 1.04 bits per heavy atom. The summed E-state index contributed by atoms with van der Waals surface area (Å²) < 4.78 is 3.28. The van der Waals surface area contributed by atoms with Gasteiger partial charge in [-0.1, -0.05) is 42.1 Å². The Kier molecular flexibility index (Phi) is 5.45. The number of aliphatic hydroxyl groups excluding tert-OH is 1. The van der Waals surface area contributed by atoms with Crippen molar-refractivity contribution in [3.63, 3.8) is 0 Å². The van der Waals surface area contributed by atoms with Gasteiger partial charge in [0.1, 0.15) is 0 Å². The van der Waals surface area contributed by atoms with E-state index in [1.54, 1.807) is 15.3 Å². The fraction of sp³-hybridized carbons (Fsp3) is 0.211. The number of thioether (sulfide) groups is 1. The zero-order valence-electron chi connectivity index (χ0n) is 15.0. The molecule has 0 atom stereocenters. The number of tetrazole rings is 1. The minimum absolute atomic E-state index is 0.00955. The second-order valence-electron chi connectivity index (χ2n) is 6.08. The zero-order valence-corrected chi connectivity index (χ0v) is 15.8. The molecule has 0 spiro atoms. The van der Waals surface area contributed by atoms with Gasteiger partial charge in [0.25, 0.3) is 5.56 Å². The molecule has 0 bridgehead atoms. The van der Waals surface area contributed by atoms with Gasteiger partial charge < -0.3 is 5.11 Å². The molecule has 1 N–H and O–H groups in total. The van der Waals surface area contributed by atoms with E-state index < -0.39 is 0 Å². The minimum Gasteiger partial charge on any atom is -0.396 e. The van der Waals surface area contributed by atoms with Crippen LogP contribution >= 0.6 is 11.8 Å². The summed E-state index contributed by atoms with van der Waals surface area (Å²) in [5, 5.41) is 22.3. The van der Waals surface area contributed by atoms with Crippen molar-refractivity contribution in [2.24, 2.45) is 0 Å². The summed E-state index contributed by atoms with van der Waals surface area (Å²) in [5.41, 5.74) is 1.41. The molecule has 0 fully saturated rings. The van der Waals surface area contributed by atoms with E-state index in [4.69, 9.17) is 0 Å². The SMILES string of the molecule is O=c1c2ccccc2nc(SCc2nnnn2-c2ccccc2)n1CCCO. The van der Waals surface area contributed by atoms with Gasteiger partial charge in [-0.3, -0.25) is 9.36 Å². The molecule has 0 saturated carbocycles. The summed E-state index contributed by atoms with van der Waals surface area (Å²) in [6.45, 7) is 0.411. The van der Waals surface area contributed by atoms with E-state index in [1.165, 1.54) is 11.8 Å². The summed E-state index contributed by atoms with van der Waals surface area (Å²) in [6.07, 6.45) is 0.481. The van der Waals surface area contributed by atoms with E-state index in [1.807, 2.05) is 48.5 Å². The molecule has 0 amide bonds. The molecule has 9 heteroatoms. The molecule has 2 heterocycles. The smallest absolute Gasteiger partial charge is 0.262 e. The van der Waals surface area contributed by atoms with Crippen LogP contribution < -0.4 is 5.56 Å². The van der Waals surface area contributed by atoms with Gasteiger partial charge >= 0.3 is 0 Å². The van der Waals surface area contributed by atoms with Crippen molar-refractivity contribution in [2.45, 2.75) is 23.9 Å². The van der Waals surface area contributed by atoms with Crippen LogP contribution in [0.5, 0.6) is 0 Å². The van der Waals surface area contributed by atoms with E-state index >= 15 is 0 Å². The van der Waals surface area contributed by atoms with E-state index in [9.17, 15) is 9.90 Å². The highest BCUT2D eigenvalue weighted by atomic mass is 32.2. The predicted octanol–water partition coefficient (Wildman–Crippen LogP) is 2.05. The van der Waals surface area contributed by atoms with Crippen LogP contribution in [0.3, 0.4) is 0 Å². The number of nitrogens with zero attached hydrogens (tertiary/aromatic N) is 6. The van der Waals surface area contributed by atoms with Gasteiger partial charge in [-0.2, -0.15) is 4.68 Å². The second-order valence-corrected chi connectivity index (χ2v) is 7.02. The minimum atomic E-state index is -0.107. The highest BCUT2D eigenvalue weighted by molar-refractivity contribution is 7.98. The maximum Gasteiger partial charge on any atom is 0.262 e. The van der Waals surface area contributed by atoms with Crippen LogP contribution in [0.2, 0.25) is 0 Å². The van der Waals surface area contributed by atoms with Crippen molar-refractivity contribution in [1.29, 1.82) is 0 Å². The van der Waals surface area contributed by atoms with E-state index in [0.29, 0.717) is 40.6 Å². The molecule has 28 heavy (non-hydrogen) atoms. The molecule has 0 aliphatic carbocycles. The first-order chi connectivity index (χ1) is 13.8. The Hall–Kier alpha value is -3.04. The third-order valence-corrected chi connectivity index (χ3v) is 5.20. The monoisotopic (exact) mass is 394 g/mol. The summed E-state index contributed by atoms with van der Waals surface area (Å²) in [7, 11) is 0. The highest BCUT2D eigenvalue weighted by Gasteiger charge is 2.14. The van der Waals surface area contributed by atoms with E-state index in [-0.39, 0.29) is 12.2 Å². The molecule has 4 aromatic rings. The van der Waals surface area contributed by atoms with E-state index in [0.717, 1.165) is 5.69 Å². The number of aromatic nitrogens is 6. The van der Waals surface area contributed by atoms with Crippen LogP contribution in [0.1, 0.15) is 12.2 Å². The number of benzene rings is 2. The molecule has 0 unspecified atom stereocenters. The predicted molar refractivity (Wildman–Crippen MR) is 106 cm³/mol. The average Bonchev–Trinajstić information content (AvgIpc) is 3.21. The van der Waals surface area contributed by atoms with E-state index in [2.05, 4.69) is 20.5 Å². The van der Waals surface area contributed by atoms with Gasteiger partial charge in [0, 0.05) is 13.2 Å². The van der Waals surface area contributed by atoms with Crippen LogP contribution in [-0.4, -0.2) is 41.5 Å². The molecule has 2 aromatic heterocycles. The Morgan fingerprint density at radius 2 is 1.82 bits per heavy atom. The van der Waals surface area contributed by atoms with Gasteiger partial charge in [-0.15, -0.1) is 5.10 Å². The molecular weight excluding hydrogens is 376 g/mol. The number of aliphatic hydroxyl groups is 1. The van der Waals surface area contributed by atoms with Crippen LogP contribution in [0.15, 0.2) is 64.5 Å². The molecule has 0 radical (unpaired) electrons. The molecule has 2 aromatic carbocycles. The van der Waals surface area contributed by atoms with Gasteiger partial charge in [0.05, 0.1) is 22.3 Å². The third-order valence-electron chi connectivity index (χ3n) is 4.23. The Morgan fingerprint density at radius 3 is 2.64 bits per heavy atom. The Labute approximate surface area is 164 Å². The topological polar surface area (TPSA) is 98.7 Å². The van der Waals surface area contributed by atoms with Crippen molar-refractivity contribution in [3.05, 3.63) is 70.8 Å². The lowest BCUT2D eigenvalue weighted by Crippen LogP contribution is -2.24. The molecule has 0 saturated heterocycles. The fourth-order valence-electron chi connectivity index (χ4n) is 2.88. The Bertz CT molecular complexity index is 1140. The van der Waals surface area contributed by atoms with Crippen LogP contribution in [0, 0.1) is 0 Å². The lowest BCUT2D eigenvalue weighted by Gasteiger charge is -2.12. The average molecular weight is 394 g/mol. The molecule has 4 rings (SSSR count). The van der Waals surface area contributed by atoms with Crippen molar-refractivity contribution in [3.8, 4) is 5.69 Å². The highest BCUT2D eigenvalue weighted by Crippen LogP contribution is 2.22. The normalized spacial score (nSPS) is 11.2. The number of rotatable bonds is 7. The molecule has 8 nitrogen and oxygen atoms in total. The maximum absolute atomic E-state index is 12.9. The van der Waals surface area contributed by atoms with Gasteiger partial charge in [0.15, 0.2) is 11.0 Å². The van der Waals surface area contributed by atoms with Crippen molar-refractivity contribution in [2.75, 3.05) is 6.61 Å². The van der Waals surface area contributed by atoms with Crippen molar-refractivity contribution < 1.29 is 5.11 Å². The Balaban J connectivity index is 1.67. The second kappa shape index (κ2) is 8.32. The first-order valence-electron chi connectivity index (χ1n) is 8.84. The standard InChI is InChI=1S/C19H18N6O2S/c26-12-6-11-24-18(27)15-9-4-5-10-16(15)20-19(24)28-13-17-21-22-23-25(17)14-7-2-1-3-8-14/h1-5,7-10,26H,6,11-13H2. The van der Waals surface area contributed by atoms with Crippen LogP contribution in [-0.2, 0) is 12.3 Å². The first-order valence-corrected chi connectivity index (χ1v) is 9.82. The van der Waals surface area contributed by atoms with Crippen molar-refractivity contribution >= 4 is 22.7 Å². The number of hydrogen-bond acceptors (Lipinski definition) is 7. The summed E-state index contributed by atoms with van der Waals surface area (Å²) >= 11 is 1.40. The third kappa shape index (κ3) is 3.67. The number of hydrogen-bond donors (Lipinski definition) is 1. The number of fused-ring (bicyclic) bond motifs is 1. The quantitative estimate of drug-likeness (QED) is 0.378. The summed E-state index contributed by atoms with van der Waals surface area (Å²) in [5.74, 6) is 1.11. The lowest BCUT2D eigenvalue weighted by molar-refractivity contribution is 0.276. The van der Waals surface area contributed by atoms with Gasteiger partial charge in [-0.05, 0) is 41.1 Å². The molecule has 0 aliphatic rings. The van der Waals surface area contributed by atoms with Gasteiger partial charge in [0.2, 0.25) is 0 Å². The van der Waals surface area contributed by atoms with Crippen molar-refractivity contribution in [1.82, 2.24) is 29.8 Å². The molecule has 0 aliphatic heterocycles. The lowest BCUT2D eigenvalue weighted by atomic mass is 10.2. The molecule has 142 valence electrons. The van der Waals surface area contributed by atoms with Crippen LogP contribution in [0.25, 0.3) is 16.6 Å². The molecular formula is C19H18N6O2S. The van der Waals surface area contributed by atoms with Crippen LogP contribution in [0.4, 0.5) is 0 Å². The first kappa shape index (κ1) is 18.3. The summed E-state index contributed by atoms with van der Waals surface area (Å²) in [6, 6.07) is 16.9. The summed E-state index contributed by atoms with van der Waals surface area (Å²) in [4.78, 5) is 17.5.